The summed E-state index contributed by atoms with van der Waals surface area (Å²) in [4.78, 5) is 11.8. The van der Waals surface area contributed by atoms with E-state index in [0.717, 1.165) is 18.4 Å². The van der Waals surface area contributed by atoms with E-state index in [0.29, 0.717) is 17.3 Å². The molecule has 0 saturated heterocycles. The van der Waals surface area contributed by atoms with Gasteiger partial charge in [0.1, 0.15) is 0 Å². The molecular formula is C12H13Cl2NO. The fraction of sp³-hybridized carbons (Fsp3) is 0.417. The Morgan fingerprint density at radius 3 is 2.62 bits per heavy atom. The molecule has 0 spiro atoms. The van der Waals surface area contributed by atoms with Crippen LogP contribution in [0.1, 0.15) is 18.4 Å². The lowest BCUT2D eigenvalue weighted by molar-refractivity contribution is -0.121. The summed E-state index contributed by atoms with van der Waals surface area (Å²) in [6, 6.07) is 7.38. The van der Waals surface area contributed by atoms with Gasteiger partial charge in [0.05, 0.1) is 12.0 Å². The molecule has 1 aliphatic carbocycles. The van der Waals surface area contributed by atoms with Gasteiger partial charge in [-0.15, -0.1) is 11.6 Å². The summed E-state index contributed by atoms with van der Waals surface area (Å²) in [6.45, 7) is 0. The summed E-state index contributed by atoms with van der Waals surface area (Å²) in [5.41, 5.74) is 0.715. The Kier molecular flexibility index (Phi) is 3.41. The van der Waals surface area contributed by atoms with E-state index in [-0.39, 0.29) is 11.4 Å². The SMILES string of the molecule is O=C(Cc1ccccc1Cl)NC1(CCl)CC1. The summed E-state index contributed by atoms with van der Waals surface area (Å²) in [5.74, 6) is 0.479. The number of rotatable bonds is 4. The number of nitrogens with one attached hydrogen (secondary N) is 1. The van der Waals surface area contributed by atoms with Gasteiger partial charge in [-0.2, -0.15) is 0 Å². The van der Waals surface area contributed by atoms with E-state index >= 15 is 0 Å². The molecule has 86 valence electrons. The zero-order valence-electron chi connectivity index (χ0n) is 8.80. The van der Waals surface area contributed by atoms with Gasteiger partial charge in [0.25, 0.3) is 0 Å². The fourth-order valence-electron chi connectivity index (χ4n) is 1.60. The van der Waals surface area contributed by atoms with Crippen molar-refractivity contribution in [1.82, 2.24) is 5.32 Å². The Labute approximate surface area is 105 Å². The Balaban J connectivity index is 1.95. The van der Waals surface area contributed by atoms with Gasteiger partial charge in [-0.3, -0.25) is 4.79 Å². The highest BCUT2D eigenvalue weighted by Gasteiger charge is 2.42. The smallest absolute Gasteiger partial charge is 0.224 e. The molecule has 1 amide bonds. The minimum Gasteiger partial charge on any atom is -0.349 e. The van der Waals surface area contributed by atoms with Gasteiger partial charge < -0.3 is 5.32 Å². The van der Waals surface area contributed by atoms with Gasteiger partial charge in [0.2, 0.25) is 5.91 Å². The Bertz CT molecular complexity index is 402. The van der Waals surface area contributed by atoms with Crippen molar-refractivity contribution >= 4 is 29.1 Å². The average Bonchev–Trinajstić information content (AvgIpc) is 3.02. The van der Waals surface area contributed by atoms with E-state index < -0.39 is 0 Å². The number of halogens is 2. The quantitative estimate of drug-likeness (QED) is 0.826. The van der Waals surface area contributed by atoms with Crippen molar-refractivity contribution in [3.63, 3.8) is 0 Å². The molecule has 2 nitrogen and oxygen atoms in total. The number of benzene rings is 1. The summed E-state index contributed by atoms with van der Waals surface area (Å²) < 4.78 is 0. The van der Waals surface area contributed by atoms with Crippen molar-refractivity contribution in [3.05, 3.63) is 34.9 Å². The highest BCUT2D eigenvalue weighted by Crippen LogP contribution is 2.36. The van der Waals surface area contributed by atoms with Crippen LogP contribution >= 0.6 is 23.2 Å². The highest BCUT2D eigenvalue weighted by atomic mass is 35.5. The van der Waals surface area contributed by atoms with Crippen molar-refractivity contribution in [1.29, 1.82) is 0 Å². The number of alkyl halides is 1. The predicted molar refractivity (Wildman–Crippen MR) is 66.0 cm³/mol. The Morgan fingerprint density at radius 1 is 1.38 bits per heavy atom. The number of carbonyl (C=O) groups excluding carboxylic acids is 1. The van der Waals surface area contributed by atoms with Crippen LogP contribution in [0.3, 0.4) is 0 Å². The van der Waals surface area contributed by atoms with E-state index in [1.54, 1.807) is 6.07 Å². The van der Waals surface area contributed by atoms with E-state index in [4.69, 9.17) is 23.2 Å². The molecular weight excluding hydrogens is 245 g/mol. The maximum atomic E-state index is 11.8. The van der Waals surface area contributed by atoms with Crippen LogP contribution in [0.4, 0.5) is 0 Å². The minimum atomic E-state index is -0.139. The molecule has 0 radical (unpaired) electrons. The van der Waals surface area contributed by atoms with Crippen molar-refractivity contribution < 1.29 is 4.79 Å². The molecule has 2 rings (SSSR count). The van der Waals surface area contributed by atoms with E-state index in [1.807, 2.05) is 18.2 Å². The monoisotopic (exact) mass is 257 g/mol. The van der Waals surface area contributed by atoms with E-state index in [2.05, 4.69) is 5.32 Å². The zero-order valence-corrected chi connectivity index (χ0v) is 10.3. The van der Waals surface area contributed by atoms with E-state index in [9.17, 15) is 4.79 Å². The first kappa shape index (κ1) is 11.7. The Morgan fingerprint density at radius 2 is 2.06 bits per heavy atom. The van der Waals surface area contributed by atoms with Crippen LogP contribution in [0.2, 0.25) is 5.02 Å². The van der Waals surface area contributed by atoms with Crippen molar-refractivity contribution in [3.8, 4) is 0 Å². The van der Waals surface area contributed by atoms with Crippen molar-refractivity contribution in [2.45, 2.75) is 24.8 Å². The second-order valence-electron chi connectivity index (χ2n) is 4.23. The molecule has 4 heteroatoms. The van der Waals surface area contributed by atoms with Gasteiger partial charge in [0, 0.05) is 10.9 Å². The average molecular weight is 258 g/mol. The minimum absolute atomic E-state index is 0.00810. The molecule has 0 heterocycles. The first-order valence-electron chi connectivity index (χ1n) is 5.26. The summed E-state index contributed by atoms with van der Waals surface area (Å²) in [6.07, 6.45) is 2.27. The lowest BCUT2D eigenvalue weighted by atomic mass is 10.1. The summed E-state index contributed by atoms with van der Waals surface area (Å²) in [7, 11) is 0. The zero-order chi connectivity index (χ0) is 11.6. The lowest BCUT2D eigenvalue weighted by Crippen LogP contribution is -2.39. The number of hydrogen-bond acceptors (Lipinski definition) is 1. The van der Waals surface area contributed by atoms with Crippen molar-refractivity contribution in [2.75, 3.05) is 5.88 Å². The van der Waals surface area contributed by atoms with Crippen LogP contribution in [0.5, 0.6) is 0 Å². The molecule has 1 N–H and O–H groups in total. The van der Waals surface area contributed by atoms with Gasteiger partial charge in [-0.05, 0) is 24.5 Å². The maximum Gasteiger partial charge on any atom is 0.224 e. The molecule has 0 bridgehead atoms. The first-order valence-corrected chi connectivity index (χ1v) is 6.17. The predicted octanol–water partition coefficient (Wildman–Crippen LogP) is 2.77. The van der Waals surface area contributed by atoms with Gasteiger partial charge in [0.15, 0.2) is 0 Å². The molecule has 1 saturated carbocycles. The molecule has 0 unspecified atom stereocenters. The van der Waals surface area contributed by atoms with Crippen LogP contribution < -0.4 is 5.32 Å². The third-order valence-corrected chi connectivity index (χ3v) is 3.70. The van der Waals surface area contributed by atoms with Crippen LogP contribution in [-0.2, 0) is 11.2 Å². The normalized spacial score (nSPS) is 16.9. The lowest BCUT2D eigenvalue weighted by Gasteiger charge is -2.14. The number of hydrogen-bond donors (Lipinski definition) is 1. The molecule has 0 atom stereocenters. The standard InChI is InChI=1S/C12H13Cl2NO/c13-8-12(5-6-12)15-11(16)7-9-3-1-2-4-10(9)14/h1-4H,5-8H2,(H,15,16). The first-order chi connectivity index (χ1) is 7.65. The van der Waals surface area contributed by atoms with Crippen LogP contribution in [-0.4, -0.2) is 17.3 Å². The summed E-state index contributed by atoms with van der Waals surface area (Å²) >= 11 is 11.8. The number of amides is 1. The van der Waals surface area contributed by atoms with Gasteiger partial charge in [-0.1, -0.05) is 29.8 Å². The maximum absolute atomic E-state index is 11.8. The molecule has 0 aliphatic heterocycles. The third kappa shape index (κ3) is 2.69. The molecule has 1 aliphatic rings. The molecule has 1 fully saturated rings. The molecule has 1 aromatic rings. The van der Waals surface area contributed by atoms with E-state index in [1.165, 1.54) is 0 Å². The molecule has 1 aromatic carbocycles. The largest absolute Gasteiger partial charge is 0.349 e. The van der Waals surface area contributed by atoms with Gasteiger partial charge in [-0.25, -0.2) is 0 Å². The Hall–Kier alpha value is -0.730. The highest BCUT2D eigenvalue weighted by molar-refractivity contribution is 6.31. The molecule has 16 heavy (non-hydrogen) atoms. The van der Waals surface area contributed by atoms with Crippen molar-refractivity contribution in [2.24, 2.45) is 0 Å². The topological polar surface area (TPSA) is 29.1 Å². The van der Waals surface area contributed by atoms with Crippen LogP contribution in [0.25, 0.3) is 0 Å². The van der Waals surface area contributed by atoms with Crippen LogP contribution in [0.15, 0.2) is 24.3 Å². The number of carbonyl (C=O) groups is 1. The molecule has 0 aromatic heterocycles. The third-order valence-electron chi connectivity index (χ3n) is 2.82. The second kappa shape index (κ2) is 4.64. The second-order valence-corrected chi connectivity index (χ2v) is 4.90. The summed E-state index contributed by atoms with van der Waals surface area (Å²) in [5, 5.41) is 3.60. The van der Waals surface area contributed by atoms with Crippen LogP contribution in [0, 0.1) is 0 Å². The van der Waals surface area contributed by atoms with Gasteiger partial charge >= 0.3 is 0 Å². The fourth-order valence-corrected chi connectivity index (χ4v) is 2.13.